The van der Waals surface area contributed by atoms with Crippen molar-refractivity contribution in [2.45, 2.75) is 26.7 Å². The zero-order valence-corrected chi connectivity index (χ0v) is 34.0. The van der Waals surface area contributed by atoms with E-state index < -0.39 is 0 Å². The number of para-hydroxylation sites is 1. The molecular formula is C56H41N5. The number of benzene rings is 8. The van der Waals surface area contributed by atoms with Crippen molar-refractivity contribution in [3.05, 3.63) is 199 Å². The van der Waals surface area contributed by atoms with Gasteiger partial charge in [-0.3, -0.25) is 0 Å². The highest BCUT2D eigenvalue weighted by Gasteiger charge is 2.20. The second-order valence-corrected chi connectivity index (χ2v) is 15.0. The molecule has 5 heteroatoms. The predicted molar refractivity (Wildman–Crippen MR) is 252 cm³/mol. The first-order valence-electron chi connectivity index (χ1n) is 21.0. The van der Waals surface area contributed by atoms with E-state index in [0.29, 0.717) is 23.0 Å². The number of aromatic nitrogens is 4. The van der Waals surface area contributed by atoms with Crippen molar-refractivity contribution in [2.75, 3.05) is 0 Å². The molecule has 2 heterocycles. The van der Waals surface area contributed by atoms with E-state index in [0.717, 1.165) is 73.8 Å². The molecule has 1 aliphatic carbocycles. The van der Waals surface area contributed by atoms with Gasteiger partial charge in [-0.2, -0.15) is 5.26 Å². The highest BCUT2D eigenvalue weighted by Crippen LogP contribution is 2.41. The van der Waals surface area contributed by atoms with Crippen LogP contribution in [0.2, 0.25) is 0 Å². The normalized spacial score (nSPS) is 11.9. The third kappa shape index (κ3) is 6.75. The molecule has 0 aliphatic heterocycles. The average Bonchev–Trinajstić information content (AvgIpc) is 3.69. The van der Waals surface area contributed by atoms with Crippen molar-refractivity contribution in [1.82, 2.24) is 19.5 Å². The molecule has 61 heavy (non-hydrogen) atoms. The van der Waals surface area contributed by atoms with Crippen LogP contribution in [0.5, 0.6) is 0 Å². The van der Waals surface area contributed by atoms with E-state index in [2.05, 4.69) is 126 Å². The number of fused-ring (bicyclic) bond motifs is 6. The maximum Gasteiger partial charge on any atom is 0.164 e. The molecule has 10 aromatic rings. The van der Waals surface area contributed by atoms with E-state index >= 15 is 0 Å². The Morgan fingerprint density at radius 1 is 0.492 bits per heavy atom. The van der Waals surface area contributed by atoms with Gasteiger partial charge in [0.1, 0.15) is 0 Å². The summed E-state index contributed by atoms with van der Waals surface area (Å²) in [6.07, 6.45) is 6.62. The van der Waals surface area contributed by atoms with Gasteiger partial charge in [0.25, 0.3) is 0 Å². The average molecular weight is 784 g/mol. The van der Waals surface area contributed by atoms with E-state index in [9.17, 15) is 5.26 Å². The molecule has 0 saturated heterocycles. The molecular weight excluding hydrogens is 743 g/mol. The Hall–Kier alpha value is -7.94. The summed E-state index contributed by atoms with van der Waals surface area (Å²) in [5.41, 5.74) is 13.6. The molecule has 0 amide bonds. The first-order chi connectivity index (χ1) is 30.2. The second kappa shape index (κ2) is 16.0. The molecule has 0 saturated carbocycles. The fraction of sp³-hybridized carbons (Fsp3) is 0.0714. The molecule has 0 radical (unpaired) electrons. The van der Waals surface area contributed by atoms with Gasteiger partial charge in [-0.25, -0.2) is 15.0 Å². The van der Waals surface area contributed by atoms with Crippen LogP contribution in [0.15, 0.2) is 182 Å². The Labute approximate surface area is 355 Å². The fourth-order valence-corrected chi connectivity index (χ4v) is 8.74. The molecule has 2 aromatic heterocycles. The summed E-state index contributed by atoms with van der Waals surface area (Å²) < 4.78 is 2.36. The molecule has 11 rings (SSSR count). The van der Waals surface area contributed by atoms with Crippen molar-refractivity contribution in [2.24, 2.45) is 0 Å². The largest absolute Gasteiger partial charge is 0.309 e. The Morgan fingerprint density at radius 2 is 1.03 bits per heavy atom. The quantitative estimate of drug-likeness (QED) is 0.168. The van der Waals surface area contributed by atoms with Crippen molar-refractivity contribution in [1.29, 1.82) is 5.26 Å². The summed E-state index contributed by atoms with van der Waals surface area (Å²) in [6.45, 7) is 4.00. The van der Waals surface area contributed by atoms with Gasteiger partial charge in [0.05, 0.1) is 22.7 Å². The minimum absolute atomic E-state index is 0.622. The molecule has 0 bridgehead atoms. The molecule has 0 spiro atoms. The SMILES string of the molecule is CC.N#Cc1cc(-c2ccc(-c3ccc(-c4nc(-c5ccccc5)nc(-c5ccccc5)n4)cc3)c3ccccc23)cc(-n2c3ccccc3c3ccc4c(c32)C=CCC4)c1. The minimum Gasteiger partial charge on any atom is -0.309 e. The first-order valence-corrected chi connectivity index (χ1v) is 21.0. The van der Waals surface area contributed by atoms with Crippen LogP contribution >= 0.6 is 0 Å². The van der Waals surface area contributed by atoms with E-state index in [-0.39, 0.29) is 0 Å². The van der Waals surface area contributed by atoms with E-state index in [1.807, 2.05) is 86.6 Å². The van der Waals surface area contributed by atoms with Gasteiger partial charge < -0.3 is 4.57 Å². The van der Waals surface area contributed by atoms with Gasteiger partial charge in [0, 0.05) is 38.7 Å². The highest BCUT2D eigenvalue weighted by atomic mass is 15.0. The predicted octanol–water partition coefficient (Wildman–Crippen LogP) is 14.3. The number of rotatable bonds is 6. The Balaban J connectivity index is 0.00000220. The third-order valence-corrected chi connectivity index (χ3v) is 11.5. The van der Waals surface area contributed by atoms with Crippen LogP contribution in [0, 0.1) is 11.3 Å². The Morgan fingerprint density at radius 3 is 1.66 bits per heavy atom. The summed E-state index contributed by atoms with van der Waals surface area (Å²) >= 11 is 0. The molecule has 0 N–H and O–H groups in total. The van der Waals surface area contributed by atoms with Crippen molar-refractivity contribution < 1.29 is 0 Å². The van der Waals surface area contributed by atoms with E-state index in [1.165, 1.54) is 27.4 Å². The fourth-order valence-electron chi connectivity index (χ4n) is 8.74. The third-order valence-electron chi connectivity index (χ3n) is 11.5. The van der Waals surface area contributed by atoms with Crippen LogP contribution in [0.1, 0.15) is 37.0 Å². The molecule has 0 fully saturated rings. The van der Waals surface area contributed by atoms with Crippen LogP contribution < -0.4 is 0 Å². The molecule has 5 nitrogen and oxygen atoms in total. The lowest BCUT2D eigenvalue weighted by Gasteiger charge is -2.17. The van der Waals surface area contributed by atoms with Gasteiger partial charge in [-0.05, 0) is 75.7 Å². The maximum atomic E-state index is 10.4. The second-order valence-electron chi connectivity index (χ2n) is 15.0. The number of nitrogens with zero attached hydrogens (tertiary/aromatic N) is 5. The topological polar surface area (TPSA) is 67.4 Å². The molecule has 0 unspecified atom stereocenters. The van der Waals surface area contributed by atoms with Crippen molar-refractivity contribution >= 4 is 38.7 Å². The zero-order valence-electron chi connectivity index (χ0n) is 34.0. The van der Waals surface area contributed by atoms with Gasteiger partial charge in [-0.1, -0.05) is 178 Å². The summed E-state index contributed by atoms with van der Waals surface area (Å²) in [5, 5.41) is 15.1. The zero-order chi connectivity index (χ0) is 41.3. The number of hydrogen-bond donors (Lipinski definition) is 0. The van der Waals surface area contributed by atoms with Crippen LogP contribution in [-0.4, -0.2) is 19.5 Å². The first kappa shape index (κ1) is 37.3. The Bertz CT molecular complexity index is 3260. The molecule has 0 atom stereocenters. The van der Waals surface area contributed by atoms with E-state index in [1.54, 1.807) is 0 Å². The lowest BCUT2D eigenvalue weighted by molar-refractivity contribution is 0.986. The van der Waals surface area contributed by atoms with Gasteiger partial charge in [-0.15, -0.1) is 0 Å². The standard InChI is InChI=1S/C54H35N5.C2H6/c55-34-35-31-41(33-42(32-35)59-50-22-12-11-21-48(50)49-28-27-36-13-7-8-18-45(36)51(49)59)44-30-29-43(46-19-9-10-20-47(44)46)37-23-25-40(26-24-37)54-57-52(38-14-3-1-4-15-38)56-53(58-54)39-16-5-2-6-17-39;1-2/h1-6,8-12,14-33H,7,13H2;1-2H3. The van der Waals surface area contributed by atoms with Crippen LogP contribution in [0.3, 0.4) is 0 Å². The van der Waals surface area contributed by atoms with Crippen LogP contribution in [0.4, 0.5) is 0 Å². The van der Waals surface area contributed by atoms with Gasteiger partial charge in [0.15, 0.2) is 17.5 Å². The highest BCUT2D eigenvalue weighted by molar-refractivity contribution is 6.12. The monoisotopic (exact) mass is 783 g/mol. The summed E-state index contributed by atoms with van der Waals surface area (Å²) in [5.74, 6) is 1.90. The van der Waals surface area contributed by atoms with Gasteiger partial charge in [0.2, 0.25) is 0 Å². The smallest absolute Gasteiger partial charge is 0.164 e. The van der Waals surface area contributed by atoms with E-state index in [4.69, 9.17) is 15.0 Å². The molecule has 290 valence electrons. The summed E-state index contributed by atoms with van der Waals surface area (Å²) in [6, 6.07) is 63.5. The summed E-state index contributed by atoms with van der Waals surface area (Å²) in [7, 11) is 0. The lowest BCUT2D eigenvalue weighted by Crippen LogP contribution is -2.01. The number of allylic oxidation sites excluding steroid dienone is 1. The van der Waals surface area contributed by atoms with Crippen molar-refractivity contribution in [3.63, 3.8) is 0 Å². The van der Waals surface area contributed by atoms with Crippen LogP contribution in [-0.2, 0) is 6.42 Å². The van der Waals surface area contributed by atoms with Gasteiger partial charge >= 0.3 is 0 Å². The maximum absolute atomic E-state index is 10.4. The number of nitriles is 1. The number of hydrogen-bond acceptors (Lipinski definition) is 4. The summed E-state index contributed by atoms with van der Waals surface area (Å²) in [4.78, 5) is 14.7. The number of aryl methyl sites for hydroxylation is 1. The lowest BCUT2D eigenvalue weighted by atomic mass is 9.91. The Kier molecular flexibility index (Phi) is 9.80. The van der Waals surface area contributed by atoms with Crippen LogP contribution in [0.25, 0.3) is 101 Å². The minimum atomic E-state index is 0.622. The molecule has 8 aromatic carbocycles. The molecule has 1 aliphatic rings. The van der Waals surface area contributed by atoms with Crippen molar-refractivity contribution in [3.8, 4) is 68.2 Å².